The normalized spacial score (nSPS) is 23.6. The zero-order chi connectivity index (χ0) is 14.0. The highest BCUT2D eigenvalue weighted by Gasteiger charge is 2.24. The Hall–Kier alpha value is -1.12. The first-order chi connectivity index (χ1) is 8.99. The van der Waals surface area contributed by atoms with Gasteiger partial charge >= 0.3 is 0 Å². The molecule has 0 saturated heterocycles. The van der Waals surface area contributed by atoms with Gasteiger partial charge in [-0.1, -0.05) is 19.8 Å². The molecule has 19 heavy (non-hydrogen) atoms. The minimum absolute atomic E-state index is 0.327. The Morgan fingerprint density at radius 3 is 2.42 bits per heavy atom. The number of carbonyl (C=O) groups excluding carboxylic acids is 1. The van der Waals surface area contributed by atoms with Crippen molar-refractivity contribution in [3.8, 4) is 0 Å². The zero-order valence-corrected chi connectivity index (χ0v) is 12.7. The SMILES string of the molecule is Cc1nn(C)c(C)c1CCC(=O)C1CCC(C)CC1. The quantitative estimate of drug-likeness (QED) is 0.834. The first-order valence-corrected chi connectivity index (χ1v) is 7.50. The Bertz CT molecular complexity index is 454. The van der Waals surface area contributed by atoms with Crippen LogP contribution in [-0.4, -0.2) is 15.6 Å². The second-order valence-electron chi connectivity index (χ2n) is 6.20. The van der Waals surface area contributed by atoms with Crippen LogP contribution in [0.5, 0.6) is 0 Å². The minimum Gasteiger partial charge on any atom is -0.299 e. The summed E-state index contributed by atoms with van der Waals surface area (Å²) < 4.78 is 1.91. The Labute approximate surface area is 116 Å². The van der Waals surface area contributed by atoms with Gasteiger partial charge in [-0.15, -0.1) is 0 Å². The van der Waals surface area contributed by atoms with Crippen LogP contribution in [0.3, 0.4) is 0 Å². The lowest BCUT2D eigenvalue weighted by Crippen LogP contribution is -2.21. The average Bonchev–Trinajstić information content (AvgIpc) is 2.62. The lowest BCUT2D eigenvalue weighted by atomic mass is 9.80. The Kier molecular flexibility index (Phi) is 4.43. The lowest BCUT2D eigenvalue weighted by molar-refractivity contribution is -0.124. The van der Waals surface area contributed by atoms with Gasteiger partial charge in [-0.05, 0) is 44.6 Å². The molecule has 1 saturated carbocycles. The van der Waals surface area contributed by atoms with Crippen molar-refractivity contribution in [2.45, 2.75) is 59.3 Å². The predicted molar refractivity (Wildman–Crippen MR) is 77.1 cm³/mol. The Morgan fingerprint density at radius 1 is 1.26 bits per heavy atom. The summed E-state index contributed by atoms with van der Waals surface area (Å²) in [5.74, 6) is 1.61. The Balaban J connectivity index is 1.90. The fourth-order valence-electron chi connectivity index (χ4n) is 3.21. The van der Waals surface area contributed by atoms with Crippen molar-refractivity contribution < 1.29 is 4.79 Å². The molecular weight excluding hydrogens is 236 g/mol. The molecule has 0 radical (unpaired) electrons. The number of hydrogen-bond acceptors (Lipinski definition) is 2. The average molecular weight is 262 g/mol. The lowest BCUT2D eigenvalue weighted by Gasteiger charge is -2.25. The molecule has 1 aromatic heterocycles. The van der Waals surface area contributed by atoms with Gasteiger partial charge < -0.3 is 0 Å². The smallest absolute Gasteiger partial charge is 0.136 e. The molecule has 1 heterocycles. The second-order valence-corrected chi connectivity index (χ2v) is 6.20. The molecule has 1 fully saturated rings. The van der Waals surface area contributed by atoms with Crippen LogP contribution in [0.1, 0.15) is 56.0 Å². The highest BCUT2D eigenvalue weighted by atomic mass is 16.1. The van der Waals surface area contributed by atoms with Crippen LogP contribution in [-0.2, 0) is 18.3 Å². The molecule has 106 valence electrons. The van der Waals surface area contributed by atoms with Crippen molar-refractivity contribution >= 4 is 5.78 Å². The van der Waals surface area contributed by atoms with E-state index >= 15 is 0 Å². The largest absolute Gasteiger partial charge is 0.299 e. The fraction of sp³-hybridized carbons (Fsp3) is 0.750. The van der Waals surface area contributed by atoms with Crippen LogP contribution in [0, 0.1) is 25.7 Å². The standard InChI is InChI=1S/C16H26N2O/c1-11-5-7-14(8-6-11)16(19)10-9-15-12(2)17-18(4)13(15)3/h11,14H,5-10H2,1-4H3. The van der Waals surface area contributed by atoms with E-state index in [1.807, 2.05) is 18.7 Å². The van der Waals surface area contributed by atoms with Crippen LogP contribution in [0.15, 0.2) is 0 Å². The molecule has 0 bridgehead atoms. The maximum absolute atomic E-state index is 12.3. The van der Waals surface area contributed by atoms with Crippen LogP contribution in [0.25, 0.3) is 0 Å². The molecule has 0 spiro atoms. The molecule has 2 rings (SSSR count). The third-order valence-corrected chi connectivity index (χ3v) is 4.75. The van der Waals surface area contributed by atoms with Gasteiger partial charge in [-0.3, -0.25) is 9.48 Å². The zero-order valence-electron chi connectivity index (χ0n) is 12.7. The number of rotatable bonds is 4. The van der Waals surface area contributed by atoms with Crippen LogP contribution in [0.4, 0.5) is 0 Å². The molecule has 0 aliphatic heterocycles. The highest BCUT2D eigenvalue weighted by Crippen LogP contribution is 2.30. The maximum atomic E-state index is 12.3. The predicted octanol–water partition coefficient (Wildman–Crippen LogP) is 3.36. The first kappa shape index (κ1) is 14.3. The number of hydrogen-bond donors (Lipinski definition) is 0. The summed E-state index contributed by atoms with van der Waals surface area (Å²) in [5.41, 5.74) is 3.53. The minimum atomic E-state index is 0.327. The van der Waals surface area contributed by atoms with Gasteiger partial charge in [-0.2, -0.15) is 5.10 Å². The molecule has 0 unspecified atom stereocenters. The van der Waals surface area contributed by atoms with E-state index in [-0.39, 0.29) is 0 Å². The van der Waals surface area contributed by atoms with Gasteiger partial charge in [0.1, 0.15) is 5.78 Å². The van der Waals surface area contributed by atoms with E-state index in [2.05, 4.69) is 18.9 Å². The monoisotopic (exact) mass is 262 g/mol. The maximum Gasteiger partial charge on any atom is 0.136 e. The van der Waals surface area contributed by atoms with Crippen molar-refractivity contribution in [3.63, 3.8) is 0 Å². The van der Waals surface area contributed by atoms with Gasteiger partial charge in [0.05, 0.1) is 5.69 Å². The summed E-state index contributed by atoms with van der Waals surface area (Å²) in [7, 11) is 1.97. The van der Waals surface area contributed by atoms with E-state index in [0.29, 0.717) is 18.1 Å². The van der Waals surface area contributed by atoms with Crippen LogP contribution < -0.4 is 0 Å². The van der Waals surface area contributed by atoms with Gasteiger partial charge in [0.2, 0.25) is 0 Å². The number of nitrogens with zero attached hydrogens (tertiary/aromatic N) is 2. The molecule has 3 nitrogen and oxygen atoms in total. The van der Waals surface area contributed by atoms with E-state index in [1.165, 1.54) is 24.1 Å². The van der Waals surface area contributed by atoms with E-state index < -0.39 is 0 Å². The molecule has 1 aliphatic rings. The van der Waals surface area contributed by atoms with Crippen molar-refractivity contribution in [3.05, 3.63) is 17.0 Å². The third kappa shape index (κ3) is 3.26. The number of aryl methyl sites for hydroxylation is 2. The molecular formula is C16H26N2O. The summed E-state index contributed by atoms with van der Waals surface area (Å²) in [5, 5.41) is 4.42. The number of ketones is 1. The third-order valence-electron chi connectivity index (χ3n) is 4.75. The summed E-state index contributed by atoms with van der Waals surface area (Å²) in [6.07, 6.45) is 6.20. The summed E-state index contributed by atoms with van der Waals surface area (Å²) >= 11 is 0. The van der Waals surface area contributed by atoms with Gasteiger partial charge in [0, 0.05) is 25.1 Å². The molecule has 1 aliphatic carbocycles. The van der Waals surface area contributed by atoms with Crippen molar-refractivity contribution in [2.24, 2.45) is 18.9 Å². The van der Waals surface area contributed by atoms with Gasteiger partial charge in [0.25, 0.3) is 0 Å². The Morgan fingerprint density at radius 2 is 1.89 bits per heavy atom. The molecule has 0 atom stereocenters. The number of carbonyl (C=O) groups is 1. The summed E-state index contributed by atoms with van der Waals surface area (Å²) in [6.45, 7) is 6.42. The van der Waals surface area contributed by atoms with Gasteiger partial charge in [0.15, 0.2) is 0 Å². The highest BCUT2D eigenvalue weighted by molar-refractivity contribution is 5.81. The fourth-order valence-corrected chi connectivity index (χ4v) is 3.21. The second kappa shape index (κ2) is 5.89. The number of Topliss-reactive ketones (excluding diaryl/α,β-unsaturated/α-hetero) is 1. The molecule has 1 aromatic rings. The van der Waals surface area contributed by atoms with E-state index in [9.17, 15) is 4.79 Å². The van der Waals surface area contributed by atoms with Crippen molar-refractivity contribution in [1.29, 1.82) is 0 Å². The van der Waals surface area contributed by atoms with E-state index in [4.69, 9.17) is 0 Å². The topological polar surface area (TPSA) is 34.9 Å². The van der Waals surface area contributed by atoms with Crippen molar-refractivity contribution in [2.75, 3.05) is 0 Å². The first-order valence-electron chi connectivity index (χ1n) is 7.50. The van der Waals surface area contributed by atoms with E-state index in [0.717, 1.165) is 30.9 Å². The van der Waals surface area contributed by atoms with E-state index in [1.54, 1.807) is 0 Å². The number of aromatic nitrogens is 2. The molecule has 0 aromatic carbocycles. The summed E-state index contributed by atoms with van der Waals surface area (Å²) in [4.78, 5) is 12.3. The van der Waals surface area contributed by atoms with Crippen LogP contribution >= 0.6 is 0 Å². The molecule has 0 amide bonds. The molecule has 0 N–H and O–H groups in total. The molecule has 3 heteroatoms. The summed E-state index contributed by atoms with van der Waals surface area (Å²) in [6, 6.07) is 0. The van der Waals surface area contributed by atoms with Crippen LogP contribution in [0.2, 0.25) is 0 Å². The van der Waals surface area contributed by atoms with Gasteiger partial charge in [-0.25, -0.2) is 0 Å². The van der Waals surface area contributed by atoms with Crippen molar-refractivity contribution in [1.82, 2.24) is 9.78 Å².